The van der Waals surface area contributed by atoms with E-state index in [1.165, 1.54) is 42.1 Å². The zero-order valence-electron chi connectivity index (χ0n) is 23.5. The molecule has 3 aromatic carbocycles. The van der Waals surface area contributed by atoms with Gasteiger partial charge in [0.05, 0.1) is 16.9 Å². The Balaban J connectivity index is 0.000000488. The Hall–Kier alpha value is -4.16. The molecule has 1 unspecified atom stereocenters. The van der Waals surface area contributed by atoms with Crippen molar-refractivity contribution < 1.29 is 42.2 Å². The number of hydrogen-bond acceptors (Lipinski definition) is 6. The summed E-state index contributed by atoms with van der Waals surface area (Å²) < 4.78 is 53.6. The molecule has 0 bridgehead atoms. The lowest BCUT2D eigenvalue weighted by molar-refractivity contribution is -0.137. The van der Waals surface area contributed by atoms with Gasteiger partial charge in [-0.15, -0.1) is 0 Å². The number of carboxylic acids is 2. The molecule has 0 amide bonds. The van der Waals surface area contributed by atoms with Crippen LogP contribution in [-0.4, -0.2) is 59.0 Å². The fraction of sp³-hybridized carbons (Fsp3) is 0.281. The summed E-state index contributed by atoms with van der Waals surface area (Å²) in [5.74, 6) is -2.97. The number of rotatable bonds is 8. The first-order chi connectivity index (χ1) is 20.9. The number of carbonyl (C=O) groups is 3. The lowest BCUT2D eigenvalue weighted by Crippen LogP contribution is -2.40. The van der Waals surface area contributed by atoms with E-state index in [1.54, 1.807) is 6.07 Å². The summed E-state index contributed by atoms with van der Waals surface area (Å²) in [6, 6.07) is 17.4. The standard InChI is InChI=1S/C28H26F4N2OS.C4H4O4/c29-22-11-8-19(9-12-22)27(35)20-5-3-14-33(18-20)15-4-16-34-23-6-1-2-7-25(23)36-26-13-10-21(17-24(26)34)28(30,31)32;5-3(6)1-2-4(7)8/h1-2,6-13,17,20H,3-5,14-16,18H2;1-2H,(H,5,6)(H,7,8)/b;2-1+. The van der Waals surface area contributed by atoms with Crippen LogP contribution in [0.15, 0.2) is 88.7 Å². The van der Waals surface area contributed by atoms with Gasteiger partial charge in [-0.3, -0.25) is 4.79 Å². The molecule has 0 spiro atoms. The monoisotopic (exact) mass is 630 g/mol. The van der Waals surface area contributed by atoms with Crippen molar-refractivity contribution in [2.75, 3.05) is 31.1 Å². The van der Waals surface area contributed by atoms with Crippen LogP contribution in [0.3, 0.4) is 0 Å². The minimum absolute atomic E-state index is 0.0373. The minimum Gasteiger partial charge on any atom is -0.478 e. The van der Waals surface area contributed by atoms with Crippen molar-refractivity contribution in [3.63, 3.8) is 0 Å². The molecule has 0 aromatic heterocycles. The highest BCUT2D eigenvalue weighted by Crippen LogP contribution is 2.49. The van der Waals surface area contributed by atoms with Gasteiger partial charge in [-0.1, -0.05) is 23.9 Å². The molecule has 12 heteroatoms. The van der Waals surface area contributed by atoms with Crippen molar-refractivity contribution in [3.05, 3.63) is 95.8 Å². The zero-order valence-corrected chi connectivity index (χ0v) is 24.3. The summed E-state index contributed by atoms with van der Waals surface area (Å²) >= 11 is 1.49. The average molecular weight is 631 g/mol. The van der Waals surface area contributed by atoms with Crippen LogP contribution < -0.4 is 4.90 Å². The molecule has 1 fully saturated rings. The molecular weight excluding hydrogens is 600 g/mol. The molecule has 1 atom stereocenters. The number of alkyl halides is 3. The van der Waals surface area contributed by atoms with Crippen LogP contribution in [0.5, 0.6) is 0 Å². The molecule has 0 aliphatic carbocycles. The molecule has 3 aromatic rings. The van der Waals surface area contributed by atoms with Crippen LogP contribution in [0.4, 0.5) is 28.9 Å². The van der Waals surface area contributed by atoms with E-state index in [0.29, 0.717) is 36.5 Å². The second-order valence-corrected chi connectivity index (χ2v) is 11.4. The lowest BCUT2D eigenvalue weighted by Gasteiger charge is -2.35. The maximum atomic E-state index is 13.4. The van der Waals surface area contributed by atoms with Gasteiger partial charge >= 0.3 is 18.1 Å². The molecule has 5 rings (SSSR count). The molecule has 2 aliphatic rings. The fourth-order valence-electron chi connectivity index (χ4n) is 5.16. The van der Waals surface area contributed by atoms with E-state index in [2.05, 4.69) is 4.90 Å². The van der Waals surface area contributed by atoms with E-state index < -0.39 is 23.7 Å². The van der Waals surface area contributed by atoms with Gasteiger partial charge in [0.25, 0.3) is 0 Å². The molecule has 1 saturated heterocycles. The van der Waals surface area contributed by atoms with E-state index in [-0.39, 0.29) is 17.5 Å². The Morgan fingerprint density at radius 3 is 2.20 bits per heavy atom. The maximum Gasteiger partial charge on any atom is 0.416 e. The smallest absolute Gasteiger partial charge is 0.416 e. The zero-order chi connectivity index (χ0) is 31.9. The number of fused-ring (bicyclic) bond motifs is 2. The number of anilines is 2. The molecular formula is C32H30F4N2O5S. The first-order valence-electron chi connectivity index (χ1n) is 13.8. The van der Waals surface area contributed by atoms with Crippen molar-refractivity contribution in [2.45, 2.75) is 35.2 Å². The first kappa shape index (κ1) is 32.7. The van der Waals surface area contributed by atoms with Crippen LogP contribution in [0.1, 0.15) is 35.2 Å². The quantitative estimate of drug-likeness (QED) is 0.154. The van der Waals surface area contributed by atoms with E-state index in [1.807, 2.05) is 29.2 Å². The van der Waals surface area contributed by atoms with Crippen LogP contribution in [0, 0.1) is 11.7 Å². The van der Waals surface area contributed by atoms with Gasteiger partial charge < -0.3 is 20.0 Å². The van der Waals surface area contributed by atoms with Crippen LogP contribution in [0.25, 0.3) is 0 Å². The number of carbonyl (C=O) groups excluding carboxylic acids is 1. The number of benzene rings is 3. The van der Waals surface area contributed by atoms with Crippen molar-refractivity contribution in [3.8, 4) is 0 Å². The van der Waals surface area contributed by atoms with Gasteiger partial charge in [-0.2, -0.15) is 13.2 Å². The van der Waals surface area contributed by atoms with Crippen LogP contribution >= 0.6 is 11.8 Å². The van der Waals surface area contributed by atoms with Gasteiger partial charge in [-0.25, -0.2) is 14.0 Å². The highest BCUT2D eigenvalue weighted by Gasteiger charge is 2.33. The van der Waals surface area contributed by atoms with Crippen LogP contribution in [0.2, 0.25) is 0 Å². The Bertz CT molecular complexity index is 1510. The molecule has 2 aliphatic heterocycles. The van der Waals surface area contributed by atoms with E-state index >= 15 is 0 Å². The van der Waals surface area contributed by atoms with Crippen molar-refractivity contribution in [2.24, 2.45) is 5.92 Å². The van der Waals surface area contributed by atoms with Crippen molar-refractivity contribution in [1.82, 2.24) is 4.90 Å². The largest absolute Gasteiger partial charge is 0.478 e. The third kappa shape index (κ3) is 8.70. The fourth-order valence-corrected chi connectivity index (χ4v) is 6.24. The molecule has 7 nitrogen and oxygen atoms in total. The number of Topliss-reactive ketones (excluding diaryl/α,β-unsaturated/α-hetero) is 1. The number of hydrogen-bond donors (Lipinski definition) is 2. The highest BCUT2D eigenvalue weighted by molar-refractivity contribution is 7.99. The third-order valence-electron chi connectivity index (χ3n) is 7.18. The SMILES string of the molecule is O=C(O)/C=C/C(=O)O.O=C(c1ccc(F)cc1)C1CCCN(CCCN2c3ccccc3Sc3ccc(C(F)(F)F)cc32)C1. The Kier molecular flexibility index (Phi) is 10.8. The maximum absolute atomic E-state index is 13.4. The highest BCUT2D eigenvalue weighted by atomic mass is 32.2. The van der Waals surface area contributed by atoms with Gasteiger partial charge in [0.15, 0.2) is 5.78 Å². The van der Waals surface area contributed by atoms with Gasteiger partial charge in [0, 0.05) is 46.5 Å². The molecule has 44 heavy (non-hydrogen) atoms. The van der Waals surface area contributed by atoms with Crippen LogP contribution in [-0.2, 0) is 15.8 Å². The number of piperidine rings is 1. The number of carboxylic acid groups (broad SMARTS) is 2. The summed E-state index contributed by atoms with van der Waals surface area (Å²) in [6.07, 6.45) is -0.839. The predicted octanol–water partition coefficient (Wildman–Crippen LogP) is 7.14. The Morgan fingerprint density at radius 2 is 1.55 bits per heavy atom. The Labute approximate surface area is 255 Å². The molecule has 0 radical (unpaired) electrons. The summed E-state index contributed by atoms with van der Waals surface area (Å²) in [6.45, 7) is 2.83. The molecule has 2 heterocycles. The van der Waals surface area contributed by atoms with Gasteiger partial charge in [-0.05, 0) is 86.9 Å². The molecule has 232 valence electrons. The predicted molar refractivity (Wildman–Crippen MR) is 158 cm³/mol. The van der Waals surface area contributed by atoms with Crippen molar-refractivity contribution in [1.29, 1.82) is 0 Å². The first-order valence-corrected chi connectivity index (χ1v) is 14.7. The summed E-state index contributed by atoms with van der Waals surface area (Å²) in [5.41, 5.74) is 1.38. The number of para-hydroxylation sites is 1. The lowest BCUT2D eigenvalue weighted by atomic mass is 9.90. The molecule has 2 N–H and O–H groups in total. The number of likely N-dealkylation sites (tertiary alicyclic amines) is 1. The molecule has 0 saturated carbocycles. The number of halogens is 4. The Morgan fingerprint density at radius 1 is 0.886 bits per heavy atom. The van der Waals surface area contributed by atoms with Crippen molar-refractivity contribution >= 4 is 40.9 Å². The second kappa shape index (κ2) is 14.5. The summed E-state index contributed by atoms with van der Waals surface area (Å²) in [5, 5.41) is 15.6. The number of nitrogens with zero attached hydrogens (tertiary/aromatic N) is 2. The number of ketones is 1. The van der Waals surface area contributed by atoms with Gasteiger partial charge in [0.2, 0.25) is 0 Å². The van der Waals surface area contributed by atoms with E-state index in [0.717, 1.165) is 53.9 Å². The third-order valence-corrected chi connectivity index (χ3v) is 8.31. The second-order valence-electron chi connectivity index (χ2n) is 10.3. The van der Waals surface area contributed by atoms with E-state index in [9.17, 15) is 31.9 Å². The number of aliphatic carboxylic acids is 2. The summed E-state index contributed by atoms with van der Waals surface area (Å²) in [7, 11) is 0. The normalized spacial score (nSPS) is 16.5. The van der Waals surface area contributed by atoms with E-state index in [4.69, 9.17) is 10.2 Å². The average Bonchev–Trinajstić information content (AvgIpc) is 2.99. The summed E-state index contributed by atoms with van der Waals surface area (Å²) in [4.78, 5) is 38.1. The minimum atomic E-state index is -4.40. The topological polar surface area (TPSA) is 98.1 Å². The van der Waals surface area contributed by atoms with Gasteiger partial charge in [0.1, 0.15) is 5.82 Å².